The van der Waals surface area contributed by atoms with Crippen LogP contribution in [-0.2, 0) is 9.59 Å². The van der Waals surface area contributed by atoms with E-state index in [2.05, 4.69) is 6.58 Å². The molecule has 0 aliphatic heterocycles. The van der Waals surface area contributed by atoms with Gasteiger partial charge in [-0.15, -0.1) is 6.58 Å². The summed E-state index contributed by atoms with van der Waals surface area (Å²) >= 11 is 0. The molecule has 4 heteroatoms. The van der Waals surface area contributed by atoms with E-state index >= 15 is 0 Å². The average molecular weight is 200 g/mol. The van der Waals surface area contributed by atoms with Crippen LogP contribution in [0.1, 0.15) is 32.1 Å². The molecular formula is C10H16O4. The molecule has 1 unspecified atom stereocenters. The SMILES string of the molecule is C=CC(CCCC(=O)O)CCC(=O)O. The van der Waals surface area contributed by atoms with Gasteiger partial charge in [0.05, 0.1) is 0 Å². The van der Waals surface area contributed by atoms with Gasteiger partial charge >= 0.3 is 11.9 Å². The summed E-state index contributed by atoms with van der Waals surface area (Å²) in [6, 6.07) is 0. The third-order valence-electron chi connectivity index (χ3n) is 2.03. The number of allylic oxidation sites excluding steroid dienone is 1. The maximum absolute atomic E-state index is 10.3. The van der Waals surface area contributed by atoms with Gasteiger partial charge in [0, 0.05) is 12.8 Å². The highest BCUT2D eigenvalue weighted by molar-refractivity contribution is 5.67. The lowest BCUT2D eigenvalue weighted by Gasteiger charge is -2.09. The zero-order chi connectivity index (χ0) is 11.0. The Morgan fingerprint density at radius 3 is 2.14 bits per heavy atom. The maximum Gasteiger partial charge on any atom is 0.303 e. The van der Waals surface area contributed by atoms with E-state index in [9.17, 15) is 9.59 Å². The number of hydrogen-bond acceptors (Lipinski definition) is 2. The van der Waals surface area contributed by atoms with Gasteiger partial charge in [-0.3, -0.25) is 9.59 Å². The number of carbonyl (C=O) groups is 2. The van der Waals surface area contributed by atoms with E-state index in [1.165, 1.54) is 0 Å². The summed E-state index contributed by atoms with van der Waals surface area (Å²) in [4.78, 5) is 20.5. The second-order valence-electron chi connectivity index (χ2n) is 3.21. The van der Waals surface area contributed by atoms with Crippen LogP contribution < -0.4 is 0 Å². The molecule has 0 radical (unpaired) electrons. The highest BCUT2D eigenvalue weighted by Crippen LogP contribution is 2.15. The molecule has 1 atom stereocenters. The maximum atomic E-state index is 10.3. The van der Waals surface area contributed by atoms with Gasteiger partial charge in [0.2, 0.25) is 0 Å². The molecule has 0 aromatic rings. The van der Waals surface area contributed by atoms with Gasteiger partial charge < -0.3 is 10.2 Å². The summed E-state index contributed by atoms with van der Waals surface area (Å²) in [5, 5.41) is 16.8. The quantitative estimate of drug-likeness (QED) is 0.587. The fourth-order valence-corrected chi connectivity index (χ4v) is 1.20. The van der Waals surface area contributed by atoms with Crippen LogP contribution >= 0.6 is 0 Å². The lowest BCUT2D eigenvalue weighted by atomic mass is 9.97. The summed E-state index contributed by atoms with van der Waals surface area (Å²) in [6.45, 7) is 3.60. The summed E-state index contributed by atoms with van der Waals surface area (Å²) < 4.78 is 0. The molecule has 0 heterocycles. The third kappa shape index (κ3) is 7.34. The molecule has 2 N–H and O–H groups in total. The monoisotopic (exact) mass is 200 g/mol. The zero-order valence-electron chi connectivity index (χ0n) is 8.11. The average Bonchev–Trinajstić information content (AvgIpc) is 2.10. The highest BCUT2D eigenvalue weighted by Gasteiger charge is 2.07. The molecule has 0 saturated heterocycles. The molecule has 0 aromatic heterocycles. The van der Waals surface area contributed by atoms with Gasteiger partial charge in [-0.25, -0.2) is 0 Å². The van der Waals surface area contributed by atoms with Crippen molar-refractivity contribution in [2.24, 2.45) is 5.92 Å². The van der Waals surface area contributed by atoms with Crippen LogP contribution in [0.2, 0.25) is 0 Å². The Bertz CT molecular complexity index is 210. The topological polar surface area (TPSA) is 74.6 Å². The fourth-order valence-electron chi connectivity index (χ4n) is 1.20. The minimum atomic E-state index is -0.824. The normalized spacial score (nSPS) is 12.0. The van der Waals surface area contributed by atoms with Gasteiger partial charge in [0.1, 0.15) is 0 Å². The van der Waals surface area contributed by atoms with Crippen molar-refractivity contribution in [2.75, 3.05) is 0 Å². The molecule has 0 amide bonds. The van der Waals surface area contributed by atoms with Crippen molar-refractivity contribution in [2.45, 2.75) is 32.1 Å². The van der Waals surface area contributed by atoms with Crippen LogP contribution in [0.4, 0.5) is 0 Å². The molecule has 80 valence electrons. The van der Waals surface area contributed by atoms with Gasteiger partial charge in [-0.1, -0.05) is 6.08 Å². The van der Waals surface area contributed by atoms with Crippen LogP contribution in [0.15, 0.2) is 12.7 Å². The Morgan fingerprint density at radius 1 is 1.14 bits per heavy atom. The second-order valence-corrected chi connectivity index (χ2v) is 3.21. The largest absolute Gasteiger partial charge is 0.481 e. The van der Waals surface area contributed by atoms with Crippen LogP contribution in [0, 0.1) is 5.92 Å². The predicted octanol–water partition coefficient (Wildman–Crippen LogP) is 1.91. The molecular weight excluding hydrogens is 184 g/mol. The number of aliphatic carboxylic acids is 2. The van der Waals surface area contributed by atoms with Gasteiger partial charge in [0.25, 0.3) is 0 Å². The number of carboxylic acid groups (broad SMARTS) is 2. The van der Waals surface area contributed by atoms with Crippen molar-refractivity contribution in [1.29, 1.82) is 0 Å². The number of hydrogen-bond donors (Lipinski definition) is 2. The molecule has 14 heavy (non-hydrogen) atoms. The smallest absolute Gasteiger partial charge is 0.303 e. The van der Waals surface area contributed by atoms with E-state index in [0.717, 1.165) is 0 Å². The minimum Gasteiger partial charge on any atom is -0.481 e. The van der Waals surface area contributed by atoms with Crippen molar-refractivity contribution in [1.82, 2.24) is 0 Å². The van der Waals surface area contributed by atoms with Gasteiger partial charge in [0.15, 0.2) is 0 Å². The molecule has 0 bridgehead atoms. The summed E-state index contributed by atoms with van der Waals surface area (Å²) in [5.74, 6) is -1.52. The molecule has 0 saturated carbocycles. The molecule has 4 nitrogen and oxygen atoms in total. The van der Waals surface area contributed by atoms with Crippen LogP contribution in [0.5, 0.6) is 0 Å². The Morgan fingerprint density at radius 2 is 1.71 bits per heavy atom. The van der Waals surface area contributed by atoms with Crippen molar-refractivity contribution in [3.05, 3.63) is 12.7 Å². The molecule has 0 spiro atoms. The lowest BCUT2D eigenvalue weighted by molar-refractivity contribution is -0.138. The van der Waals surface area contributed by atoms with Crippen LogP contribution in [0.25, 0.3) is 0 Å². The molecule has 0 rings (SSSR count). The van der Waals surface area contributed by atoms with Gasteiger partial charge in [-0.05, 0) is 25.2 Å². The van der Waals surface area contributed by atoms with Crippen molar-refractivity contribution < 1.29 is 19.8 Å². The van der Waals surface area contributed by atoms with Crippen molar-refractivity contribution in [3.63, 3.8) is 0 Å². The Hall–Kier alpha value is -1.32. The Kier molecular flexibility index (Phi) is 6.45. The first-order chi connectivity index (χ1) is 6.56. The van der Waals surface area contributed by atoms with E-state index in [4.69, 9.17) is 10.2 Å². The van der Waals surface area contributed by atoms with E-state index in [1.54, 1.807) is 6.08 Å². The zero-order valence-corrected chi connectivity index (χ0v) is 8.11. The number of carboxylic acids is 2. The molecule has 0 aromatic carbocycles. The molecule has 0 aliphatic carbocycles. The summed E-state index contributed by atoms with van der Waals surface area (Å²) in [6.07, 6.45) is 3.76. The Balaban J connectivity index is 3.63. The Labute approximate surface area is 83.2 Å². The first-order valence-electron chi connectivity index (χ1n) is 4.62. The van der Waals surface area contributed by atoms with E-state index in [-0.39, 0.29) is 18.8 Å². The predicted molar refractivity (Wildman–Crippen MR) is 52.0 cm³/mol. The van der Waals surface area contributed by atoms with E-state index in [1.807, 2.05) is 0 Å². The van der Waals surface area contributed by atoms with Gasteiger partial charge in [-0.2, -0.15) is 0 Å². The molecule has 0 aliphatic rings. The first-order valence-corrected chi connectivity index (χ1v) is 4.62. The fraction of sp³-hybridized carbons (Fsp3) is 0.600. The minimum absolute atomic E-state index is 0.115. The van der Waals surface area contributed by atoms with Crippen LogP contribution in [0.3, 0.4) is 0 Å². The summed E-state index contributed by atoms with van der Waals surface area (Å²) in [5.41, 5.74) is 0. The second kappa shape index (κ2) is 7.12. The third-order valence-corrected chi connectivity index (χ3v) is 2.03. The van der Waals surface area contributed by atoms with E-state index in [0.29, 0.717) is 19.3 Å². The first kappa shape index (κ1) is 12.7. The van der Waals surface area contributed by atoms with Crippen molar-refractivity contribution in [3.8, 4) is 0 Å². The number of rotatable bonds is 8. The lowest BCUT2D eigenvalue weighted by Crippen LogP contribution is -2.03. The molecule has 0 fully saturated rings. The van der Waals surface area contributed by atoms with Crippen molar-refractivity contribution >= 4 is 11.9 Å². The van der Waals surface area contributed by atoms with E-state index < -0.39 is 11.9 Å². The summed E-state index contributed by atoms with van der Waals surface area (Å²) in [7, 11) is 0. The standard InChI is InChI=1S/C10H16O4/c1-2-8(6-7-10(13)14)4-3-5-9(11)12/h2,8H,1,3-7H2,(H,11,12)(H,13,14). The van der Waals surface area contributed by atoms with Crippen LogP contribution in [-0.4, -0.2) is 22.2 Å². The highest BCUT2D eigenvalue weighted by atomic mass is 16.4.